The SMILES string of the molecule is Cc1cccc(C(=O)NCCC(=O)NC(C)(C)C)c1N. The van der Waals surface area contributed by atoms with Crippen LogP contribution in [0.15, 0.2) is 18.2 Å². The van der Waals surface area contributed by atoms with Gasteiger partial charge in [-0.1, -0.05) is 12.1 Å². The molecule has 0 aliphatic rings. The Labute approximate surface area is 119 Å². The largest absolute Gasteiger partial charge is 0.398 e. The molecule has 0 aromatic heterocycles. The fourth-order valence-corrected chi connectivity index (χ4v) is 1.74. The molecule has 4 N–H and O–H groups in total. The highest BCUT2D eigenvalue weighted by molar-refractivity contribution is 5.99. The normalized spacial score (nSPS) is 11.0. The molecule has 20 heavy (non-hydrogen) atoms. The van der Waals surface area contributed by atoms with Gasteiger partial charge in [0.25, 0.3) is 5.91 Å². The van der Waals surface area contributed by atoms with Crippen LogP contribution >= 0.6 is 0 Å². The summed E-state index contributed by atoms with van der Waals surface area (Å²) in [5, 5.41) is 5.54. The molecular weight excluding hydrogens is 254 g/mol. The number of hydrogen-bond donors (Lipinski definition) is 3. The number of amides is 2. The van der Waals surface area contributed by atoms with Gasteiger partial charge in [-0.2, -0.15) is 0 Å². The average Bonchev–Trinajstić information content (AvgIpc) is 2.30. The fraction of sp³-hybridized carbons (Fsp3) is 0.467. The van der Waals surface area contributed by atoms with Gasteiger partial charge < -0.3 is 16.4 Å². The molecule has 0 unspecified atom stereocenters. The van der Waals surface area contributed by atoms with Crippen molar-refractivity contribution in [3.05, 3.63) is 29.3 Å². The zero-order chi connectivity index (χ0) is 15.3. The molecule has 0 spiro atoms. The van der Waals surface area contributed by atoms with Gasteiger partial charge in [-0.15, -0.1) is 0 Å². The van der Waals surface area contributed by atoms with E-state index in [0.29, 0.717) is 11.3 Å². The van der Waals surface area contributed by atoms with E-state index in [9.17, 15) is 9.59 Å². The lowest BCUT2D eigenvalue weighted by Crippen LogP contribution is -2.42. The van der Waals surface area contributed by atoms with Gasteiger partial charge in [0.2, 0.25) is 5.91 Å². The maximum Gasteiger partial charge on any atom is 0.253 e. The third kappa shape index (κ3) is 4.91. The predicted molar refractivity (Wildman–Crippen MR) is 80.4 cm³/mol. The van der Waals surface area contributed by atoms with Crippen molar-refractivity contribution in [3.63, 3.8) is 0 Å². The van der Waals surface area contributed by atoms with Gasteiger partial charge in [0.05, 0.1) is 5.56 Å². The molecule has 1 aromatic rings. The molecule has 0 heterocycles. The number of aryl methyl sites for hydroxylation is 1. The summed E-state index contributed by atoms with van der Waals surface area (Å²) in [4.78, 5) is 23.6. The van der Waals surface area contributed by atoms with Crippen molar-refractivity contribution in [2.24, 2.45) is 0 Å². The molecule has 0 saturated heterocycles. The van der Waals surface area contributed by atoms with Gasteiger partial charge >= 0.3 is 0 Å². The Morgan fingerprint density at radius 2 is 1.90 bits per heavy atom. The monoisotopic (exact) mass is 277 g/mol. The van der Waals surface area contributed by atoms with E-state index in [-0.39, 0.29) is 30.3 Å². The van der Waals surface area contributed by atoms with Crippen LogP contribution in [0.2, 0.25) is 0 Å². The van der Waals surface area contributed by atoms with Crippen molar-refractivity contribution >= 4 is 17.5 Å². The van der Waals surface area contributed by atoms with Gasteiger partial charge in [0.15, 0.2) is 0 Å². The van der Waals surface area contributed by atoms with Gasteiger partial charge in [0, 0.05) is 24.2 Å². The minimum absolute atomic E-state index is 0.0879. The smallest absolute Gasteiger partial charge is 0.253 e. The Kier molecular flexibility index (Phi) is 5.13. The van der Waals surface area contributed by atoms with Crippen LogP contribution in [0.5, 0.6) is 0 Å². The third-order valence-corrected chi connectivity index (χ3v) is 2.72. The van der Waals surface area contributed by atoms with Crippen LogP contribution in [-0.2, 0) is 4.79 Å². The first-order chi connectivity index (χ1) is 9.20. The quantitative estimate of drug-likeness (QED) is 0.731. The van der Waals surface area contributed by atoms with Crippen molar-refractivity contribution in [3.8, 4) is 0 Å². The second kappa shape index (κ2) is 6.41. The summed E-state index contributed by atoms with van der Waals surface area (Å²) in [6.45, 7) is 7.88. The van der Waals surface area contributed by atoms with E-state index < -0.39 is 0 Å². The summed E-state index contributed by atoms with van der Waals surface area (Å²) in [6.07, 6.45) is 0.245. The minimum atomic E-state index is -0.262. The van der Waals surface area contributed by atoms with E-state index >= 15 is 0 Å². The van der Waals surface area contributed by atoms with Crippen molar-refractivity contribution in [2.45, 2.75) is 39.7 Å². The number of carbonyl (C=O) groups is 2. The molecule has 5 nitrogen and oxygen atoms in total. The van der Waals surface area contributed by atoms with Crippen molar-refractivity contribution < 1.29 is 9.59 Å². The average molecular weight is 277 g/mol. The number of para-hydroxylation sites is 1. The Balaban J connectivity index is 2.48. The van der Waals surface area contributed by atoms with Crippen LogP contribution in [0.25, 0.3) is 0 Å². The first-order valence-corrected chi connectivity index (χ1v) is 6.65. The molecule has 0 aliphatic heterocycles. The third-order valence-electron chi connectivity index (χ3n) is 2.72. The first kappa shape index (κ1) is 16.0. The minimum Gasteiger partial charge on any atom is -0.398 e. The number of carbonyl (C=O) groups excluding carboxylic acids is 2. The number of anilines is 1. The van der Waals surface area contributed by atoms with Crippen LogP contribution in [0, 0.1) is 6.92 Å². The lowest BCUT2D eigenvalue weighted by atomic mass is 10.1. The highest BCUT2D eigenvalue weighted by Gasteiger charge is 2.14. The molecule has 1 rings (SSSR count). The van der Waals surface area contributed by atoms with Crippen molar-refractivity contribution in [1.29, 1.82) is 0 Å². The molecule has 0 radical (unpaired) electrons. The Morgan fingerprint density at radius 3 is 2.50 bits per heavy atom. The maximum absolute atomic E-state index is 12.0. The van der Waals surface area contributed by atoms with Crippen molar-refractivity contribution in [1.82, 2.24) is 10.6 Å². The van der Waals surface area contributed by atoms with Gasteiger partial charge in [0.1, 0.15) is 0 Å². The van der Waals surface area contributed by atoms with Crippen molar-refractivity contribution in [2.75, 3.05) is 12.3 Å². The molecular formula is C15H23N3O2. The van der Waals surface area contributed by atoms with Crippen LogP contribution in [0.4, 0.5) is 5.69 Å². The molecule has 5 heteroatoms. The molecule has 0 atom stereocenters. The van der Waals surface area contributed by atoms with E-state index in [2.05, 4.69) is 10.6 Å². The second-order valence-electron chi connectivity index (χ2n) is 5.84. The lowest BCUT2D eigenvalue weighted by Gasteiger charge is -2.20. The number of nitrogens with one attached hydrogen (secondary N) is 2. The number of benzene rings is 1. The number of rotatable bonds is 4. The Hall–Kier alpha value is -2.04. The summed E-state index contributed by atoms with van der Waals surface area (Å²) < 4.78 is 0. The molecule has 1 aromatic carbocycles. The highest BCUT2D eigenvalue weighted by Crippen LogP contribution is 2.15. The summed E-state index contributed by atoms with van der Waals surface area (Å²) in [6, 6.07) is 5.31. The van der Waals surface area contributed by atoms with E-state index in [1.807, 2.05) is 33.8 Å². The summed E-state index contributed by atoms with van der Waals surface area (Å²) in [5.41, 5.74) is 7.38. The predicted octanol–water partition coefficient (Wildman–Crippen LogP) is 1.61. The van der Waals surface area contributed by atoms with E-state index in [1.165, 1.54) is 0 Å². The molecule has 0 fully saturated rings. The van der Waals surface area contributed by atoms with Gasteiger partial charge in [-0.25, -0.2) is 0 Å². The second-order valence-corrected chi connectivity index (χ2v) is 5.84. The van der Waals surface area contributed by atoms with Crippen LogP contribution in [0.3, 0.4) is 0 Å². The molecule has 0 aliphatic carbocycles. The topological polar surface area (TPSA) is 84.2 Å². The van der Waals surface area contributed by atoms with E-state index in [0.717, 1.165) is 5.56 Å². The van der Waals surface area contributed by atoms with Crippen LogP contribution < -0.4 is 16.4 Å². The summed E-state index contributed by atoms with van der Waals surface area (Å²) >= 11 is 0. The fourth-order valence-electron chi connectivity index (χ4n) is 1.74. The highest BCUT2D eigenvalue weighted by atomic mass is 16.2. The molecule has 2 amide bonds. The van der Waals surface area contributed by atoms with E-state index in [1.54, 1.807) is 12.1 Å². The summed E-state index contributed by atoms with van der Waals surface area (Å²) in [7, 11) is 0. The Bertz CT molecular complexity index is 504. The summed E-state index contributed by atoms with van der Waals surface area (Å²) in [5.74, 6) is -0.343. The molecule has 110 valence electrons. The van der Waals surface area contributed by atoms with Gasteiger partial charge in [-0.05, 0) is 39.3 Å². The number of nitrogen functional groups attached to an aromatic ring is 1. The van der Waals surface area contributed by atoms with E-state index in [4.69, 9.17) is 5.73 Å². The molecule has 0 saturated carbocycles. The number of nitrogens with two attached hydrogens (primary N) is 1. The van der Waals surface area contributed by atoms with Crippen LogP contribution in [0.1, 0.15) is 43.1 Å². The van der Waals surface area contributed by atoms with Gasteiger partial charge in [-0.3, -0.25) is 9.59 Å². The zero-order valence-corrected chi connectivity index (χ0v) is 12.5. The molecule has 0 bridgehead atoms. The lowest BCUT2D eigenvalue weighted by molar-refractivity contribution is -0.122. The van der Waals surface area contributed by atoms with Crippen LogP contribution in [-0.4, -0.2) is 23.9 Å². The number of hydrogen-bond acceptors (Lipinski definition) is 3. The standard InChI is InChI=1S/C15H23N3O2/c1-10-6-5-7-11(13(10)16)14(20)17-9-8-12(19)18-15(2,3)4/h5-7H,8-9,16H2,1-4H3,(H,17,20)(H,18,19). The zero-order valence-electron chi connectivity index (χ0n) is 12.5. The first-order valence-electron chi connectivity index (χ1n) is 6.65. The maximum atomic E-state index is 12.0. The Morgan fingerprint density at radius 1 is 1.25 bits per heavy atom.